The van der Waals surface area contributed by atoms with Crippen LogP contribution in [-0.4, -0.2) is 12.6 Å². The first kappa shape index (κ1) is 14.2. The third-order valence-corrected chi connectivity index (χ3v) is 3.93. The van der Waals surface area contributed by atoms with Gasteiger partial charge < -0.3 is 10.1 Å². The summed E-state index contributed by atoms with van der Waals surface area (Å²) in [5.74, 6) is 1.06. The van der Waals surface area contributed by atoms with E-state index in [-0.39, 0.29) is 0 Å². The number of ether oxygens (including phenoxy) is 1. The fraction of sp³-hybridized carbons (Fsp3) is 0.368. The maximum atomic E-state index is 6.08. The van der Waals surface area contributed by atoms with Gasteiger partial charge in [0.2, 0.25) is 0 Å². The van der Waals surface area contributed by atoms with E-state index in [2.05, 4.69) is 54.7 Å². The Balaban J connectivity index is 1.60. The zero-order valence-corrected chi connectivity index (χ0v) is 12.6. The van der Waals surface area contributed by atoms with Crippen LogP contribution in [-0.2, 0) is 13.0 Å². The van der Waals surface area contributed by atoms with Gasteiger partial charge >= 0.3 is 0 Å². The van der Waals surface area contributed by atoms with E-state index in [0.29, 0.717) is 0 Å². The van der Waals surface area contributed by atoms with Crippen molar-refractivity contribution < 1.29 is 4.74 Å². The molecule has 0 radical (unpaired) electrons. The summed E-state index contributed by atoms with van der Waals surface area (Å²) in [6.45, 7) is 3.76. The summed E-state index contributed by atoms with van der Waals surface area (Å²) in [6, 6.07) is 17.6. The van der Waals surface area contributed by atoms with Crippen LogP contribution in [0.5, 0.6) is 5.75 Å². The Morgan fingerprint density at radius 2 is 1.86 bits per heavy atom. The highest BCUT2D eigenvalue weighted by atomic mass is 16.5. The van der Waals surface area contributed by atoms with Gasteiger partial charge in [0.1, 0.15) is 5.75 Å². The van der Waals surface area contributed by atoms with E-state index in [9.17, 15) is 0 Å². The minimum Gasteiger partial charge on any atom is -0.493 e. The Hall–Kier alpha value is -1.80. The number of hydrogen-bond donors (Lipinski definition) is 1. The van der Waals surface area contributed by atoms with Gasteiger partial charge in [-0.2, -0.15) is 0 Å². The molecule has 2 aromatic carbocycles. The standard InChI is InChI=1S/C19H23NO/c1-15-6-5-9-17(14-20-18-10-11-18)19(15)21-13-12-16-7-3-2-4-8-16/h2-9,18,20H,10-14H2,1H3. The van der Waals surface area contributed by atoms with Crippen molar-refractivity contribution in [1.82, 2.24) is 5.32 Å². The van der Waals surface area contributed by atoms with Crippen molar-refractivity contribution >= 4 is 0 Å². The molecule has 2 aromatic rings. The molecule has 1 fully saturated rings. The van der Waals surface area contributed by atoms with Crippen LogP contribution < -0.4 is 10.1 Å². The molecule has 3 rings (SSSR count). The molecule has 0 amide bonds. The topological polar surface area (TPSA) is 21.3 Å². The molecule has 0 aliphatic heterocycles. The maximum absolute atomic E-state index is 6.08. The van der Waals surface area contributed by atoms with E-state index in [4.69, 9.17) is 4.74 Å². The quantitative estimate of drug-likeness (QED) is 0.832. The van der Waals surface area contributed by atoms with Crippen LogP contribution in [0.15, 0.2) is 48.5 Å². The zero-order valence-electron chi connectivity index (χ0n) is 12.6. The molecule has 0 saturated heterocycles. The van der Waals surface area contributed by atoms with Crippen LogP contribution in [0.2, 0.25) is 0 Å². The van der Waals surface area contributed by atoms with Gasteiger partial charge in [-0.25, -0.2) is 0 Å². The predicted molar refractivity (Wildman–Crippen MR) is 86.7 cm³/mol. The van der Waals surface area contributed by atoms with Crippen molar-refractivity contribution in [2.75, 3.05) is 6.61 Å². The molecule has 21 heavy (non-hydrogen) atoms. The van der Waals surface area contributed by atoms with Crippen molar-refractivity contribution in [1.29, 1.82) is 0 Å². The van der Waals surface area contributed by atoms with Crippen LogP contribution >= 0.6 is 0 Å². The molecule has 1 saturated carbocycles. The summed E-state index contributed by atoms with van der Waals surface area (Å²) < 4.78 is 6.08. The van der Waals surface area contributed by atoms with Crippen LogP contribution in [0.4, 0.5) is 0 Å². The number of nitrogens with one attached hydrogen (secondary N) is 1. The van der Waals surface area contributed by atoms with Crippen molar-refractivity contribution in [2.45, 2.75) is 38.8 Å². The molecular weight excluding hydrogens is 258 g/mol. The van der Waals surface area contributed by atoms with Gasteiger partial charge in [-0.15, -0.1) is 0 Å². The van der Waals surface area contributed by atoms with Gasteiger partial charge in [0, 0.05) is 24.6 Å². The molecule has 1 aliphatic rings. The molecule has 0 unspecified atom stereocenters. The van der Waals surface area contributed by atoms with Crippen LogP contribution in [0.1, 0.15) is 29.5 Å². The average Bonchev–Trinajstić information content (AvgIpc) is 3.33. The van der Waals surface area contributed by atoms with Crippen molar-refractivity contribution in [3.05, 3.63) is 65.2 Å². The highest BCUT2D eigenvalue weighted by Gasteiger charge is 2.20. The number of rotatable bonds is 7. The van der Waals surface area contributed by atoms with Gasteiger partial charge in [0.05, 0.1) is 6.61 Å². The average molecular weight is 281 g/mol. The molecule has 0 atom stereocenters. The van der Waals surface area contributed by atoms with Crippen LogP contribution in [0, 0.1) is 6.92 Å². The van der Waals surface area contributed by atoms with Crippen molar-refractivity contribution in [2.24, 2.45) is 0 Å². The molecule has 1 aliphatic carbocycles. The fourth-order valence-electron chi connectivity index (χ4n) is 2.52. The smallest absolute Gasteiger partial charge is 0.126 e. The highest BCUT2D eigenvalue weighted by molar-refractivity contribution is 5.40. The first-order valence-corrected chi connectivity index (χ1v) is 7.81. The largest absolute Gasteiger partial charge is 0.493 e. The molecule has 1 N–H and O–H groups in total. The molecule has 2 nitrogen and oxygen atoms in total. The van der Waals surface area contributed by atoms with Crippen LogP contribution in [0.25, 0.3) is 0 Å². The van der Waals surface area contributed by atoms with Crippen molar-refractivity contribution in [3.8, 4) is 5.75 Å². The summed E-state index contributed by atoms with van der Waals surface area (Å²) in [7, 11) is 0. The van der Waals surface area contributed by atoms with E-state index in [0.717, 1.165) is 31.4 Å². The summed E-state index contributed by atoms with van der Waals surface area (Å²) >= 11 is 0. The maximum Gasteiger partial charge on any atom is 0.126 e. The number of para-hydroxylation sites is 1. The summed E-state index contributed by atoms with van der Waals surface area (Å²) in [5, 5.41) is 3.57. The number of hydrogen-bond acceptors (Lipinski definition) is 2. The first-order chi connectivity index (χ1) is 10.3. The second-order valence-electron chi connectivity index (χ2n) is 5.80. The van der Waals surface area contributed by atoms with Crippen molar-refractivity contribution in [3.63, 3.8) is 0 Å². The summed E-state index contributed by atoms with van der Waals surface area (Å²) in [4.78, 5) is 0. The lowest BCUT2D eigenvalue weighted by atomic mass is 10.1. The molecular formula is C19H23NO. The Kier molecular flexibility index (Phi) is 4.56. The van der Waals surface area contributed by atoms with E-state index in [1.165, 1.54) is 29.5 Å². The van der Waals surface area contributed by atoms with E-state index < -0.39 is 0 Å². The van der Waals surface area contributed by atoms with Gasteiger partial charge in [0.15, 0.2) is 0 Å². The molecule has 110 valence electrons. The molecule has 0 aromatic heterocycles. The zero-order chi connectivity index (χ0) is 14.5. The SMILES string of the molecule is Cc1cccc(CNC2CC2)c1OCCc1ccccc1. The third kappa shape index (κ3) is 4.08. The Labute approximate surface area is 127 Å². The van der Waals surface area contributed by atoms with Gasteiger partial charge in [0.25, 0.3) is 0 Å². The number of aryl methyl sites for hydroxylation is 1. The Morgan fingerprint density at radius 1 is 1.05 bits per heavy atom. The second-order valence-corrected chi connectivity index (χ2v) is 5.80. The van der Waals surface area contributed by atoms with E-state index >= 15 is 0 Å². The number of benzene rings is 2. The molecule has 0 heterocycles. The predicted octanol–water partition coefficient (Wildman–Crippen LogP) is 3.87. The second kappa shape index (κ2) is 6.77. The summed E-state index contributed by atoms with van der Waals surface area (Å²) in [6.07, 6.45) is 3.58. The Morgan fingerprint density at radius 3 is 2.62 bits per heavy atom. The molecule has 0 bridgehead atoms. The lowest BCUT2D eigenvalue weighted by Crippen LogP contribution is -2.16. The lowest BCUT2D eigenvalue weighted by molar-refractivity contribution is 0.315. The normalized spacial score (nSPS) is 14.1. The van der Waals surface area contributed by atoms with Crippen LogP contribution in [0.3, 0.4) is 0 Å². The Bertz CT molecular complexity index is 575. The highest BCUT2D eigenvalue weighted by Crippen LogP contribution is 2.25. The minimum absolute atomic E-state index is 0.725. The molecule has 2 heteroatoms. The molecule has 0 spiro atoms. The van der Waals surface area contributed by atoms with Gasteiger partial charge in [-0.3, -0.25) is 0 Å². The minimum atomic E-state index is 0.725. The fourth-order valence-corrected chi connectivity index (χ4v) is 2.52. The third-order valence-electron chi connectivity index (χ3n) is 3.93. The van der Waals surface area contributed by atoms with E-state index in [1.807, 2.05) is 6.07 Å². The van der Waals surface area contributed by atoms with E-state index in [1.54, 1.807) is 0 Å². The lowest BCUT2D eigenvalue weighted by Gasteiger charge is -2.14. The monoisotopic (exact) mass is 281 g/mol. The first-order valence-electron chi connectivity index (χ1n) is 7.81. The summed E-state index contributed by atoms with van der Waals surface area (Å²) in [5.41, 5.74) is 3.82. The van der Waals surface area contributed by atoms with Gasteiger partial charge in [-0.05, 0) is 30.9 Å². The van der Waals surface area contributed by atoms with Gasteiger partial charge in [-0.1, -0.05) is 48.5 Å².